The molecule has 0 saturated heterocycles. The predicted octanol–water partition coefficient (Wildman–Crippen LogP) is 2.91. The zero-order valence-electron chi connectivity index (χ0n) is 11.4. The summed E-state index contributed by atoms with van der Waals surface area (Å²) in [6.07, 6.45) is 0. The minimum Gasteiger partial charge on any atom is -0.497 e. The Balaban J connectivity index is 2.76. The lowest BCUT2D eigenvalue weighted by Gasteiger charge is -2.16. The summed E-state index contributed by atoms with van der Waals surface area (Å²) in [6, 6.07) is 7.88. The van der Waals surface area contributed by atoms with E-state index in [0.717, 1.165) is 17.2 Å². The lowest BCUT2D eigenvalue weighted by Crippen LogP contribution is -2.18. The second-order valence-electron chi connectivity index (χ2n) is 4.43. The van der Waals surface area contributed by atoms with Crippen molar-refractivity contribution in [2.24, 2.45) is 11.8 Å². The Morgan fingerprint density at radius 3 is 2.50 bits per heavy atom. The van der Waals surface area contributed by atoms with Crippen molar-refractivity contribution in [3.05, 3.63) is 18.2 Å². The van der Waals surface area contributed by atoms with Crippen LogP contribution in [0.3, 0.4) is 0 Å². The van der Waals surface area contributed by atoms with E-state index >= 15 is 0 Å². The van der Waals surface area contributed by atoms with Crippen LogP contribution in [-0.4, -0.2) is 20.8 Å². The van der Waals surface area contributed by atoms with Gasteiger partial charge in [0.25, 0.3) is 0 Å². The van der Waals surface area contributed by atoms with Gasteiger partial charge in [-0.15, -0.1) is 0 Å². The summed E-state index contributed by atoms with van der Waals surface area (Å²) in [5.41, 5.74) is 0.874. The smallest absolute Gasteiger partial charge is 0.145 e. The van der Waals surface area contributed by atoms with Crippen LogP contribution in [0.15, 0.2) is 18.2 Å². The fraction of sp³-hybridized carbons (Fsp3) is 0.500. The highest BCUT2D eigenvalue weighted by molar-refractivity contribution is 5.59. The molecule has 4 nitrogen and oxygen atoms in total. The van der Waals surface area contributed by atoms with E-state index in [2.05, 4.69) is 11.4 Å². The van der Waals surface area contributed by atoms with Gasteiger partial charge in [0.2, 0.25) is 0 Å². The van der Waals surface area contributed by atoms with Gasteiger partial charge in [0.1, 0.15) is 11.5 Å². The van der Waals surface area contributed by atoms with Crippen molar-refractivity contribution in [1.29, 1.82) is 5.26 Å². The van der Waals surface area contributed by atoms with E-state index in [9.17, 15) is 0 Å². The first kappa shape index (κ1) is 14.2. The predicted molar refractivity (Wildman–Crippen MR) is 72.0 cm³/mol. The molecule has 0 bridgehead atoms. The lowest BCUT2D eigenvalue weighted by molar-refractivity contribution is 0.395. The Labute approximate surface area is 109 Å². The molecular weight excluding hydrogens is 228 g/mol. The number of hydrogen-bond acceptors (Lipinski definition) is 4. The molecule has 0 aromatic heterocycles. The summed E-state index contributed by atoms with van der Waals surface area (Å²) < 4.78 is 10.4. The molecule has 1 aromatic rings. The topological polar surface area (TPSA) is 54.3 Å². The van der Waals surface area contributed by atoms with Gasteiger partial charge < -0.3 is 14.8 Å². The summed E-state index contributed by atoms with van der Waals surface area (Å²) in [6.45, 7) is 4.69. The maximum absolute atomic E-state index is 9.04. The van der Waals surface area contributed by atoms with Gasteiger partial charge >= 0.3 is 0 Å². The molecule has 0 aliphatic rings. The van der Waals surface area contributed by atoms with E-state index in [0.29, 0.717) is 12.5 Å². The minimum atomic E-state index is -0.0168. The molecule has 0 fully saturated rings. The van der Waals surface area contributed by atoms with Gasteiger partial charge in [-0.25, -0.2) is 0 Å². The normalized spacial score (nSPS) is 11.8. The monoisotopic (exact) mass is 248 g/mol. The van der Waals surface area contributed by atoms with E-state index in [1.807, 2.05) is 32.0 Å². The largest absolute Gasteiger partial charge is 0.497 e. The van der Waals surface area contributed by atoms with Crippen LogP contribution in [0.4, 0.5) is 5.69 Å². The summed E-state index contributed by atoms with van der Waals surface area (Å²) in [5.74, 6) is 1.77. The molecule has 0 saturated carbocycles. The maximum atomic E-state index is 9.04. The van der Waals surface area contributed by atoms with Gasteiger partial charge in [0, 0.05) is 12.6 Å². The number of anilines is 1. The third-order valence-electron chi connectivity index (χ3n) is 2.89. The average molecular weight is 248 g/mol. The fourth-order valence-corrected chi connectivity index (χ4v) is 1.59. The van der Waals surface area contributed by atoms with Crippen LogP contribution in [0.25, 0.3) is 0 Å². The number of methoxy groups -OCH3 is 2. The number of hydrogen-bond donors (Lipinski definition) is 1. The van der Waals surface area contributed by atoms with Crippen LogP contribution >= 0.6 is 0 Å². The first-order valence-electron chi connectivity index (χ1n) is 5.97. The molecular formula is C14H20N2O2. The SMILES string of the molecule is COc1ccc(NCC(C#N)C(C)C)c(OC)c1. The van der Waals surface area contributed by atoms with Crippen molar-refractivity contribution in [3.8, 4) is 17.6 Å². The number of nitrogens with one attached hydrogen (secondary N) is 1. The van der Waals surface area contributed by atoms with Crippen molar-refractivity contribution in [2.75, 3.05) is 26.1 Å². The first-order chi connectivity index (χ1) is 8.62. The first-order valence-corrected chi connectivity index (χ1v) is 5.97. The molecule has 18 heavy (non-hydrogen) atoms. The van der Waals surface area contributed by atoms with Crippen molar-refractivity contribution in [3.63, 3.8) is 0 Å². The Kier molecular flexibility index (Phi) is 5.31. The Morgan fingerprint density at radius 2 is 2.00 bits per heavy atom. The quantitative estimate of drug-likeness (QED) is 0.841. The molecule has 4 heteroatoms. The second-order valence-corrected chi connectivity index (χ2v) is 4.43. The van der Waals surface area contributed by atoms with Crippen molar-refractivity contribution in [2.45, 2.75) is 13.8 Å². The summed E-state index contributed by atoms with van der Waals surface area (Å²) in [4.78, 5) is 0. The van der Waals surface area contributed by atoms with E-state index in [1.165, 1.54) is 0 Å². The molecule has 1 rings (SSSR count). The summed E-state index contributed by atoms with van der Waals surface area (Å²) >= 11 is 0. The molecule has 0 amide bonds. The molecule has 1 aromatic carbocycles. The highest BCUT2D eigenvalue weighted by atomic mass is 16.5. The molecule has 0 aliphatic heterocycles. The lowest BCUT2D eigenvalue weighted by atomic mass is 9.97. The van der Waals surface area contributed by atoms with Gasteiger partial charge in [-0.05, 0) is 18.1 Å². The van der Waals surface area contributed by atoms with Gasteiger partial charge in [-0.3, -0.25) is 0 Å². The van der Waals surface area contributed by atoms with Crippen LogP contribution < -0.4 is 14.8 Å². The molecule has 1 N–H and O–H groups in total. The highest BCUT2D eigenvalue weighted by Crippen LogP contribution is 2.29. The molecule has 98 valence electrons. The van der Waals surface area contributed by atoms with Crippen molar-refractivity contribution in [1.82, 2.24) is 0 Å². The van der Waals surface area contributed by atoms with Gasteiger partial charge in [-0.1, -0.05) is 13.8 Å². The number of benzene rings is 1. The third kappa shape index (κ3) is 3.56. The standard InChI is InChI=1S/C14H20N2O2/c1-10(2)11(8-15)9-16-13-6-5-12(17-3)7-14(13)18-4/h5-7,10-11,16H,9H2,1-4H3. The van der Waals surface area contributed by atoms with Gasteiger partial charge in [0.15, 0.2) is 0 Å². The third-order valence-corrected chi connectivity index (χ3v) is 2.89. The summed E-state index contributed by atoms with van der Waals surface area (Å²) in [7, 11) is 3.23. The van der Waals surface area contributed by atoms with E-state index in [4.69, 9.17) is 14.7 Å². The number of nitrogens with zero attached hydrogens (tertiary/aromatic N) is 1. The minimum absolute atomic E-state index is 0.0168. The zero-order chi connectivity index (χ0) is 13.5. The Hall–Kier alpha value is -1.89. The van der Waals surface area contributed by atoms with E-state index < -0.39 is 0 Å². The number of rotatable bonds is 6. The Morgan fingerprint density at radius 1 is 1.28 bits per heavy atom. The zero-order valence-corrected chi connectivity index (χ0v) is 11.4. The van der Waals surface area contributed by atoms with Gasteiger partial charge in [0.05, 0.1) is 31.9 Å². The fourth-order valence-electron chi connectivity index (χ4n) is 1.59. The van der Waals surface area contributed by atoms with Crippen molar-refractivity contribution >= 4 is 5.69 Å². The molecule has 1 unspecified atom stereocenters. The van der Waals surface area contributed by atoms with Gasteiger partial charge in [-0.2, -0.15) is 5.26 Å². The number of nitriles is 1. The summed E-state index contributed by atoms with van der Waals surface area (Å²) in [5, 5.41) is 12.3. The van der Waals surface area contributed by atoms with Crippen molar-refractivity contribution < 1.29 is 9.47 Å². The molecule has 0 heterocycles. The molecule has 0 radical (unpaired) electrons. The van der Waals surface area contributed by atoms with Crippen LogP contribution in [0, 0.1) is 23.2 Å². The van der Waals surface area contributed by atoms with Crippen LogP contribution in [-0.2, 0) is 0 Å². The maximum Gasteiger partial charge on any atom is 0.145 e. The molecule has 0 spiro atoms. The molecule has 0 aliphatic carbocycles. The highest BCUT2D eigenvalue weighted by Gasteiger charge is 2.13. The van der Waals surface area contributed by atoms with Crippen LogP contribution in [0.5, 0.6) is 11.5 Å². The number of ether oxygens (including phenoxy) is 2. The second kappa shape index (κ2) is 6.75. The van der Waals surface area contributed by atoms with E-state index in [-0.39, 0.29) is 5.92 Å². The Bertz CT molecular complexity index is 424. The van der Waals surface area contributed by atoms with Crippen LogP contribution in [0.2, 0.25) is 0 Å². The molecule has 1 atom stereocenters. The average Bonchev–Trinajstić information content (AvgIpc) is 2.39. The van der Waals surface area contributed by atoms with Crippen LogP contribution in [0.1, 0.15) is 13.8 Å². The van der Waals surface area contributed by atoms with E-state index in [1.54, 1.807) is 14.2 Å².